The molecule has 0 aliphatic carbocycles. The van der Waals surface area contributed by atoms with E-state index in [1.165, 1.54) is 0 Å². The van der Waals surface area contributed by atoms with Crippen LogP contribution in [0.4, 0.5) is 0 Å². The summed E-state index contributed by atoms with van der Waals surface area (Å²) in [5.74, 6) is 0.0965. The number of aromatic nitrogens is 2. The Bertz CT molecular complexity index is 566. The van der Waals surface area contributed by atoms with Crippen LogP contribution in [-0.2, 0) is 11.3 Å². The van der Waals surface area contributed by atoms with Crippen molar-refractivity contribution in [2.24, 2.45) is 0 Å². The van der Waals surface area contributed by atoms with Crippen LogP contribution in [0.25, 0.3) is 0 Å². The molecule has 1 atom stereocenters. The summed E-state index contributed by atoms with van der Waals surface area (Å²) in [6, 6.07) is 0.574. The Kier molecular flexibility index (Phi) is 6.09. The summed E-state index contributed by atoms with van der Waals surface area (Å²) in [5, 5.41) is 4.20. The van der Waals surface area contributed by atoms with E-state index in [4.69, 9.17) is 4.74 Å². The van der Waals surface area contributed by atoms with Gasteiger partial charge >= 0.3 is 0 Å². The van der Waals surface area contributed by atoms with Crippen LogP contribution in [0.1, 0.15) is 31.1 Å². The van der Waals surface area contributed by atoms with Gasteiger partial charge in [0.1, 0.15) is 0 Å². The fourth-order valence-corrected chi connectivity index (χ4v) is 3.57. The molecular formula is C18H31N5O2. The molecule has 0 radical (unpaired) electrons. The van der Waals surface area contributed by atoms with Gasteiger partial charge in [-0.15, -0.1) is 0 Å². The third kappa shape index (κ3) is 4.59. The summed E-state index contributed by atoms with van der Waals surface area (Å²) < 4.78 is 7.74. The number of carbonyl (C=O) groups excluding carboxylic acids is 1. The fraction of sp³-hybridized carbons (Fsp3) is 0.778. The molecule has 7 heteroatoms. The van der Waals surface area contributed by atoms with Gasteiger partial charge in [-0.2, -0.15) is 5.10 Å². The van der Waals surface area contributed by atoms with Crippen LogP contribution in [0, 0.1) is 0 Å². The maximum Gasteiger partial charge on any atom is 0.257 e. The van der Waals surface area contributed by atoms with Gasteiger partial charge in [-0.1, -0.05) is 0 Å². The highest BCUT2D eigenvalue weighted by molar-refractivity contribution is 5.93. The van der Waals surface area contributed by atoms with E-state index < -0.39 is 0 Å². The molecule has 2 aliphatic rings. The van der Waals surface area contributed by atoms with Crippen LogP contribution in [0.15, 0.2) is 12.4 Å². The van der Waals surface area contributed by atoms with Gasteiger partial charge in [0.2, 0.25) is 0 Å². The fourth-order valence-electron chi connectivity index (χ4n) is 3.57. The van der Waals surface area contributed by atoms with Crippen molar-refractivity contribution in [2.45, 2.75) is 39.5 Å². The van der Waals surface area contributed by atoms with Gasteiger partial charge < -0.3 is 9.64 Å². The SMILES string of the molecule is CCn1cc(C(=O)N2CCN(C[C@@H]3CN(C(C)C)CCO3)CC2)cn1. The first kappa shape index (κ1) is 18.4. The maximum absolute atomic E-state index is 12.6. The normalized spacial score (nSPS) is 23.4. The summed E-state index contributed by atoms with van der Waals surface area (Å²) in [7, 11) is 0. The van der Waals surface area contributed by atoms with E-state index >= 15 is 0 Å². The van der Waals surface area contributed by atoms with Gasteiger partial charge in [0.15, 0.2) is 0 Å². The molecule has 3 heterocycles. The van der Waals surface area contributed by atoms with Gasteiger partial charge in [-0.3, -0.25) is 19.3 Å². The molecule has 140 valence electrons. The zero-order chi connectivity index (χ0) is 17.8. The number of amides is 1. The summed E-state index contributed by atoms with van der Waals surface area (Å²) in [6.07, 6.45) is 3.79. The molecule has 0 saturated carbocycles. The molecule has 7 nitrogen and oxygen atoms in total. The van der Waals surface area contributed by atoms with Crippen LogP contribution in [0.3, 0.4) is 0 Å². The predicted octanol–water partition coefficient (Wildman–Crippen LogP) is 0.770. The van der Waals surface area contributed by atoms with Crippen molar-refractivity contribution in [3.63, 3.8) is 0 Å². The smallest absolute Gasteiger partial charge is 0.257 e. The van der Waals surface area contributed by atoms with E-state index in [-0.39, 0.29) is 12.0 Å². The zero-order valence-electron chi connectivity index (χ0n) is 15.7. The van der Waals surface area contributed by atoms with Gasteiger partial charge in [0, 0.05) is 64.6 Å². The highest BCUT2D eigenvalue weighted by Gasteiger charge is 2.27. The van der Waals surface area contributed by atoms with Gasteiger partial charge in [-0.05, 0) is 20.8 Å². The molecule has 2 fully saturated rings. The minimum Gasteiger partial charge on any atom is -0.374 e. The van der Waals surface area contributed by atoms with Crippen molar-refractivity contribution >= 4 is 5.91 Å². The van der Waals surface area contributed by atoms with Crippen LogP contribution in [-0.4, -0.2) is 95.0 Å². The minimum absolute atomic E-state index is 0.0965. The zero-order valence-corrected chi connectivity index (χ0v) is 15.7. The van der Waals surface area contributed by atoms with Crippen molar-refractivity contribution in [3.05, 3.63) is 18.0 Å². The Labute approximate surface area is 150 Å². The van der Waals surface area contributed by atoms with E-state index in [2.05, 4.69) is 28.7 Å². The Hall–Kier alpha value is -1.44. The van der Waals surface area contributed by atoms with Crippen molar-refractivity contribution in [1.29, 1.82) is 0 Å². The van der Waals surface area contributed by atoms with E-state index in [1.54, 1.807) is 10.9 Å². The first-order chi connectivity index (χ1) is 12.1. The maximum atomic E-state index is 12.6. The second-order valence-electron chi connectivity index (χ2n) is 7.26. The van der Waals surface area contributed by atoms with Crippen molar-refractivity contribution in [3.8, 4) is 0 Å². The van der Waals surface area contributed by atoms with Gasteiger partial charge in [-0.25, -0.2) is 0 Å². The lowest BCUT2D eigenvalue weighted by Crippen LogP contribution is -2.54. The minimum atomic E-state index is 0.0965. The number of piperazine rings is 1. The Morgan fingerprint density at radius 2 is 2.04 bits per heavy atom. The average molecular weight is 349 g/mol. The lowest BCUT2D eigenvalue weighted by Gasteiger charge is -2.40. The second kappa shape index (κ2) is 8.29. The summed E-state index contributed by atoms with van der Waals surface area (Å²) >= 11 is 0. The number of nitrogens with zero attached hydrogens (tertiary/aromatic N) is 5. The Morgan fingerprint density at radius 1 is 1.28 bits per heavy atom. The van der Waals surface area contributed by atoms with Crippen LogP contribution >= 0.6 is 0 Å². The second-order valence-corrected chi connectivity index (χ2v) is 7.26. The van der Waals surface area contributed by atoms with Crippen molar-refractivity contribution in [2.75, 3.05) is 52.4 Å². The molecule has 0 aromatic carbocycles. The molecule has 1 amide bonds. The molecule has 0 N–H and O–H groups in total. The number of ether oxygens (including phenoxy) is 1. The van der Waals surface area contributed by atoms with Crippen molar-refractivity contribution < 1.29 is 9.53 Å². The summed E-state index contributed by atoms with van der Waals surface area (Å²) in [6.45, 7) is 14.5. The molecule has 0 spiro atoms. The monoisotopic (exact) mass is 349 g/mol. The van der Waals surface area contributed by atoms with E-state index in [1.807, 2.05) is 18.0 Å². The quantitative estimate of drug-likeness (QED) is 0.786. The average Bonchev–Trinajstić information content (AvgIpc) is 3.11. The Morgan fingerprint density at radius 3 is 2.68 bits per heavy atom. The predicted molar refractivity (Wildman–Crippen MR) is 96.7 cm³/mol. The standard InChI is InChI=1S/C18H31N5O2/c1-4-23-12-16(11-19-23)18(24)21-7-5-20(6-8-21)13-17-14-22(15(2)3)9-10-25-17/h11-12,15,17H,4-10,13-14H2,1-3H3/t17-/m1/s1. The van der Waals surface area contributed by atoms with Crippen LogP contribution < -0.4 is 0 Å². The van der Waals surface area contributed by atoms with Crippen molar-refractivity contribution in [1.82, 2.24) is 24.5 Å². The van der Waals surface area contributed by atoms with Crippen LogP contribution in [0.5, 0.6) is 0 Å². The van der Waals surface area contributed by atoms with E-state index in [0.29, 0.717) is 11.6 Å². The third-order valence-corrected chi connectivity index (χ3v) is 5.23. The molecule has 0 bridgehead atoms. The molecule has 0 unspecified atom stereocenters. The van der Waals surface area contributed by atoms with E-state index in [9.17, 15) is 4.79 Å². The Balaban J connectivity index is 1.46. The van der Waals surface area contributed by atoms with Crippen LogP contribution in [0.2, 0.25) is 0 Å². The number of hydrogen-bond acceptors (Lipinski definition) is 5. The topological polar surface area (TPSA) is 53.8 Å². The number of hydrogen-bond donors (Lipinski definition) is 0. The molecule has 3 rings (SSSR count). The largest absolute Gasteiger partial charge is 0.374 e. The number of morpholine rings is 1. The number of rotatable bonds is 5. The molecule has 1 aromatic rings. The first-order valence-electron chi connectivity index (χ1n) is 9.46. The first-order valence-corrected chi connectivity index (χ1v) is 9.46. The highest BCUT2D eigenvalue weighted by atomic mass is 16.5. The summed E-state index contributed by atoms with van der Waals surface area (Å²) in [5.41, 5.74) is 0.693. The van der Waals surface area contributed by atoms with E-state index in [0.717, 1.165) is 59.0 Å². The lowest BCUT2D eigenvalue weighted by atomic mass is 10.2. The molecule has 2 saturated heterocycles. The molecule has 2 aliphatic heterocycles. The number of aryl methyl sites for hydroxylation is 1. The highest BCUT2D eigenvalue weighted by Crippen LogP contribution is 2.13. The lowest BCUT2D eigenvalue weighted by molar-refractivity contribution is -0.0555. The van der Waals surface area contributed by atoms with Gasteiger partial charge in [0.25, 0.3) is 5.91 Å². The summed E-state index contributed by atoms with van der Waals surface area (Å²) in [4.78, 5) is 19.4. The van der Waals surface area contributed by atoms with Gasteiger partial charge in [0.05, 0.1) is 24.5 Å². The molecular weight excluding hydrogens is 318 g/mol. The number of carbonyl (C=O) groups is 1. The molecule has 1 aromatic heterocycles. The molecule has 25 heavy (non-hydrogen) atoms. The third-order valence-electron chi connectivity index (χ3n) is 5.23.